The summed E-state index contributed by atoms with van der Waals surface area (Å²) in [6.45, 7) is 6.95. The van der Waals surface area contributed by atoms with Gasteiger partial charge in [0.05, 0.1) is 5.54 Å². The van der Waals surface area contributed by atoms with Gasteiger partial charge < -0.3 is 20.7 Å². The molecule has 0 radical (unpaired) electrons. The van der Waals surface area contributed by atoms with Gasteiger partial charge in [0.2, 0.25) is 0 Å². The summed E-state index contributed by atoms with van der Waals surface area (Å²) in [6.07, 6.45) is 45.2. The van der Waals surface area contributed by atoms with Crippen molar-refractivity contribution in [2.24, 2.45) is 0 Å². The van der Waals surface area contributed by atoms with Crippen LogP contribution in [0.15, 0.2) is 0 Å². The first-order valence-electron chi connectivity index (χ1n) is 19.1. The number of hydrogen-bond donors (Lipinski definition) is 1. The zero-order valence-electron chi connectivity index (χ0n) is 29.3. The van der Waals surface area contributed by atoms with Crippen molar-refractivity contribution in [3.8, 4) is 0 Å². The lowest BCUT2D eigenvalue weighted by molar-refractivity contribution is -0.484. The van der Waals surface area contributed by atoms with E-state index in [1.807, 2.05) is 0 Å². The molecule has 254 valence electrons. The number of hydrogen-bond acceptors (Lipinski definition) is 3. The van der Waals surface area contributed by atoms with Crippen molar-refractivity contribution in [1.82, 2.24) is 0 Å². The van der Waals surface area contributed by atoms with Crippen molar-refractivity contribution in [3.63, 3.8) is 0 Å². The van der Waals surface area contributed by atoms with Gasteiger partial charge in [-0.15, -0.1) is 0 Å². The molecule has 0 aliphatic heterocycles. The smallest absolute Gasteiger partial charge is 0.0945 e. The van der Waals surface area contributed by atoms with Gasteiger partial charge in [0, 0.05) is 19.3 Å². The maximum atomic E-state index is 8.33. The summed E-state index contributed by atoms with van der Waals surface area (Å²) in [5, 5.41) is 16.7. The largest absolute Gasteiger partial charge is 0.652 e. The first-order valence-corrected chi connectivity index (χ1v) is 19.1. The Kier molecular flexibility index (Phi) is 37.6. The zero-order valence-corrected chi connectivity index (χ0v) is 29.3. The molecule has 4 heteroatoms. The van der Waals surface area contributed by atoms with Gasteiger partial charge in [-0.05, 0) is 25.4 Å². The highest BCUT2D eigenvalue weighted by Gasteiger charge is 2.27. The van der Waals surface area contributed by atoms with Gasteiger partial charge in [-0.25, -0.2) is 0 Å². The second kappa shape index (κ2) is 36.4. The Hall–Kier alpha value is -0.770. The third kappa shape index (κ3) is 39.2. The minimum atomic E-state index is -2.33. The first kappa shape index (κ1) is 43.4. The fraction of sp³-hybridized carbons (Fsp3) is 0.974. The van der Waals surface area contributed by atoms with Gasteiger partial charge in [-0.3, -0.25) is 0 Å². The minimum Gasteiger partial charge on any atom is -0.652 e. The van der Waals surface area contributed by atoms with E-state index in [4.69, 9.17) is 20.7 Å². The average Bonchev–Trinajstić information content (AvgIpc) is 2.96. The van der Waals surface area contributed by atoms with Crippen LogP contribution in [-0.2, 0) is 0 Å². The standard InChI is InChI=1S/C37H77N.CH2O3/c1-4-7-10-13-16-19-22-25-28-31-34-37(38,35-32-29-26-23-20-17-14-11-8-5-2)36-33-30-27-24-21-18-15-12-9-6-3;2-1(3)4/h4-36,38H2,1-3H3;(H2,2,3,4)/p-1. The van der Waals surface area contributed by atoms with Crippen LogP contribution in [0.5, 0.6) is 0 Å². The van der Waals surface area contributed by atoms with Gasteiger partial charge >= 0.3 is 0 Å². The molecule has 4 nitrogen and oxygen atoms in total. The molecule has 0 aromatic rings. The predicted octanol–water partition coefficient (Wildman–Crippen LogP) is 10.5. The molecule has 0 spiro atoms. The van der Waals surface area contributed by atoms with Gasteiger partial charge in [-0.2, -0.15) is 0 Å². The topological polar surface area (TPSA) is 90.8 Å². The van der Waals surface area contributed by atoms with E-state index in [2.05, 4.69) is 20.8 Å². The third-order valence-corrected chi connectivity index (χ3v) is 9.18. The maximum Gasteiger partial charge on any atom is 0.0945 e. The predicted molar refractivity (Wildman–Crippen MR) is 180 cm³/mol. The average molecular weight is 597 g/mol. The zero-order chi connectivity index (χ0) is 31.4. The Balaban J connectivity index is 0. The molecule has 0 saturated heterocycles. The Bertz CT molecular complexity index is 447. The van der Waals surface area contributed by atoms with Crippen LogP contribution in [0.4, 0.5) is 4.79 Å². The number of quaternary nitrogens is 1. The summed E-state index contributed by atoms with van der Waals surface area (Å²) in [4.78, 5) is 8.33. The second-order valence-corrected chi connectivity index (χ2v) is 13.5. The van der Waals surface area contributed by atoms with E-state index >= 15 is 0 Å². The third-order valence-electron chi connectivity index (χ3n) is 9.18. The molecule has 0 fully saturated rings. The summed E-state index contributed by atoms with van der Waals surface area (Å²) in [5.74, 6) is 0. The van der Waals surface area contributed by atoms with Crippen molar-refractivity contribution < 1.29 is 20.7 Å². The van der Waals surface area contributed by atoms with E-state index in [-0.39, 0.29) is 0 Å². The summed E-state index contributed by atoms with van der Waals surface area (Å²) >= 11 is 0. The fourth-order valence-electron chi connectivity index (χ4n) is 6.34. The van der Waals surface area contributed by atoms with E-state index in [1.165, 1.54) is 212 Å². The molecule has 0 unspecified atom stereocenters. The molecule has 0 saturated carbocycles. The molecular formula is C38H78NO3-. The highest BCUT2D eigenvalue weighted by molar-refractivity contribution is 5.47. The van der Waals surface area contributed by atoms with Gasteiger partial charge in [0.15, 0.2) is 0 Å². The molecule has 0 bridgehead atoms. The first-order chi connectivity index (χ1) is 20.4. The molecular weight excluding hydrogens is 518 g/mol. The summed E-state index contributed by atoms with van der Waals surface area (Å²) in [5.41, 5.74) is 5.27. The Morgan fingerprint density at radius 2 is 0.524 bits per heavy atom. The highest BCUT2D eigenvalue weighted by Crippen LogP contribution is 2.26. The lowest BCUT2D eigenvalue weighted by atomic mass is 9.82. The number of carboxylic acid groups (broad SMARTS) is 2. The van der Waals surface area contributed by atoms with Crippen molar-refractivity contribution in [2.75, 3.05) is 0 Å². The van der Waals surface area contributed by atoms with Crippen LogP contribution in [0.1, 0.15) is 233 Å². The second-order valence-electron chi connectivity index (χ2n) is 13.5. The Morgan fingerprint density at radius 1 is 0.381 bits per heavy atom. The number of unbranched alkanes of at least 4 members (excludes halogenated alkanes) is 27. The van der Waals surface area contributed by atoms with Crippen LogP contribution in [-0.4, -0.2) is 11.7 Å². The molecule has 0 atom stereocenters. The molecule has 0 aliphatic rings. The van der Waals surface area contributed by atoms with Crippen LogP contribution in [0, 0.1) is 0 Å². The van der Waals surface area contributed by atoms with Gasteiger partial charge in [-0.1, -0.05) is 194 Å². The Labute approximate surface area is 264 Å². The molecule has 0 aliphatic carbocycles. The van der Waals surface area contributed by atoms with Crippen LogP contribution in [0.25, 0.3) is 0 Å². The van der Waals surface area contributed by atoms with Crippen molar-refractivity contribution >= 4 is 6.16 Å². The maximum absolute atomic E-state index is 8.33. The quantitative estimate of drug-likeness (QED) is 0.0764. The molecule has 0 heterocycles. The van der Waals surface area contributed by atoms with Gasteiger partial charge in [0.25, 0.3) is 0 Å². The van der Waals surface area contributed by atoms with Crippen LogP contribution < -0.4 is 15.9 Å². The molecule has 42 heavy (non-hydrogen) atoms. The van der Waals surface area contributed by atoms with Crippen LogP contribution in [0.3, 0.4) is 0 Å². The SMILES string of the molecule is CCCCCCCCCCCCC([NH3+])(CCCCCCCCCCCC)CCCCCCCCCCCC.O=C([O-])[O-]. The van der Waals surface area contributed by atoms with Crippen LogP contribution >= 0.6 is 0 Å². The minimum absolute atomic E-state index is 0.375. The van der Waals surface area contributed by atoms with Crippen molar-refractivity contribution in [2.45, 2.75) is 238 Å². The van der Waals surface area contributed by atoms with Crippen molar-refractivity contribution in [3.05, 3.63) is 0 Å². The lowest BCUT2D eigenvalue weighted by Crippen LogP contribution is -2.72. The lowest BCUT2D eigenvalue weighted by Gasteiger charge is -2.26. The molecule has 0 amide bonds. The monoisotopic (exact) mass is 597 g/mol. The fourth-order valence-corrected chi connectivity index (χ4v) is 6.34. The Morgan fingerprint density at radius 3 is 0.690 bits per heavy atom. The molecule has 3 N–H and O–H groups in total. The molecule has 0 aromatic heterocycles. The van der Waals surface area contributed by atoms with Gasteiger partial charge in [0.1, 0.15) is 0 Å². The van der Waals surface area contributed by atoms with E-state index in [0.717, 1.165) is 0 Å². The number of carbonyl (C=O) groups excluding carboxylic acids is 1. The van der Waals surface area contributed by atoms with E-state index in [9.17, 15) is 0 Å². The normalized spacial score (nSPS) is 11.4. The van der Waals surface area contributed by atoms with Crippen molar-refractivity contribution in [1.29, 1.82) is 0 Å². The van der Waals surface area contributed by atoms with E-state index < -0.39 is 6.16 Å². The van der Waals surface area contributed by atoms with E-state index in [0.29, 0.717) is 5.54 Å². The number of rotatable bonds is 33. The summed E-state index contributed by atoms with van der Waals surface area (Å²) in [6, 6.07) is 0. The number of carbonyl (C=O) groups is 1. The summed E-state index contributed by atoms with van der Waals surface area (Å²) < 4.78 is 0. The van der Waals surface area contributed by atoms with Crippen LogP contribution in [0.2, 0.25) is 0 Å². The highest BCUT2D eigenvalue weighted by atomic mass is 16.6. The summed E-state index contributed by atoms with van der Waals surface area (Å²) in [7, 11) is 0. The molecule has 0 rings (SSSR count). The molecule has 0 aromatic carbocycles. The van der Waals surface area contributed by atoms with E-state index in [1.54, 1.807) is 0 Å².